The molecule has 0 radical (unpaired) electrons. The molecule has 2 atom stereocenters. The molecule has 0 fully saturated rings. The lowest BCUT2D eigenvalue weighted by molar-refractivity contribution is 0.182. The zero-order valence-electron chi connectivity index (χ0n) is 18.1. The Kier molecular flexibility index (Phi) is 6.13. The Hall–Kier alpha value is -3.37. The van der Waals surface area contributed by atoms with E-state index < -0.39 is 21.6 Å². The van der Waals surface area contributed by atoms with Crippen molar-refractivity contribution in [2.75, 3.05) is 16.3 Å². The van der Waals surface area contributed by atoms with E-state index >= 15 is 0 Å². The maximum absolute atomic E-state index is 14.0. The summed E-state index contributed by atoms with van der Waals surface area (Å²) in [6.45, 7) is 3.57. The van der Waals surface area contributed by atoms with Gasteiger partial charge in [0.25, 0.3) is 0 Å². The maximum atomic E-state index is 14.0. The average molecular weight is 490 g/mol. The van der Waals surface area contributed by atoms with Crippen LogP contribution >= 0.6 is 11.6 Å². The molecule has 0 bridgehead atoms. The molecule has 11 heteroatoms. The molecule has 8 nitrogen and oxygen atoms in total. The standard InChI is InChI=1S/C22H21ClFN5O3S/c1-12-7-19(32-28-12)13(2)31-20-8-14(24)5-6-17(20)27-22-21-16(23)9-15(29-33(3,4)30)10-18(21)25-11-26-22/h5-11,13H,3H2,1-2,4H3,(H,29,30)(H,25,26,27)/t13-,33?/m1/s1. The highest BCUT2D eigenvalue weighted by Crippen LogP contribution is 2.36. The van der Waals surface area contributed by atoms with Gasteiger partial charge in [-0.15, -0.1) is 0 Å². The van der Waals surface area contributed by atoms with Gasteiger partial charge in [0, 0.05) is 33.8 Å². The highest BCUT2D eigenvalue weighted by molar-refractivity contribution is 8.00. The Morgan fingerprint density at radius 3 is 2.73 bits per heavy atom. The van der Waals surface area contributed by atoms with Gasteiger partial charge >= 0.3 is 0 Å². The Bertz CT molecular complexity index is 1440. The van der Waals surface area contributed by atoms with Crippen LogP contribution in [0.15, 0.2) is 47.2 Å². The topological polar surface area (TPSA) is 102 Å². The van der Waals surface area contributed by atoms with E-state index in [9.17, 15) is 8.60 Å². The summed E-state index contributed by atoms with van der Waals surface area (Å²) in [5.74, 6) is 4.27. The number of benzene rings is 2. The predicted octanol–water partition coefficient (Wildman–Crippen LogP) is 5.28. The molecule has 0 aliphatic heterocycles. The fourth-order valence-corrected chi connectivity index (χ4v) is 4.11. The SMILES string of the molecule is C=S(C)(=O)Nc1cc(Cl)c2c(Nc3ccc(F)cc3O[C@H](C)c3cc(C)no3)ncnc2c1. The van der Waals surface area contributed by atoms with Gasteiger partial charge in [0.1, 0.15) is 23.7 Å². The number of hydrogen-bond donors (Lipinski definition) is 2. The van der Waals surface area contributed by atoms with Gasteiger partial charge in [0.2, 0.25) is 0 Å². The largest absolute Gasteiger partial charge is 0.480 e. The van der Waals surface area contributed by atoms with Gasteiger partial charge in [-0.3, -0.25) is 0 Å². The lowest BCUT2D eigenvalue weighted by atomic mass is 10.2. The third-order valence-electron chi connectivity index (χ3n) is 4.57. The molecule has 0 aliphatic carbocycles. The van der Waals surface area contributed by atoms with Crippen molar-refractivity contribution in [1.29, 1.82) is 0 Å². The molecule has 0 spiro atoms. The molecule has 0 saturated carbocycles. The third-order valence-corrected chi connectivity index (χ3v) is 5.54. The number of fused-ring (bicyclic) bond motifs is 1. The number of hydrogen-bond acceptors (Lipinski definition) is 7. The minimum absolute atomic E-state index is 0.250. The van der Waals surface area contributed by atoms with Gasteiger partial charge in [0.05, 0.1) is 27.3 Å². The summed E-state index contributed by atoms with van der Waals surface area (Å²) in [7, 11) is -2.50. The van der Waals surface area contributed by atoms with Crippen LogP contribution in [0.4, 0.5) is 21.6 Å². The van der Waals surface area contributed by atoms with Crippen molar-refractivity contribution >= 4 is 55.3 Å². The molecule has 2 aromatic carbocycles. The highest BCUT2D eigenvalue weighted by atomic mass is 35.5. The number of ether oxygens (including phenoxy) is 1. The summed E-state index contributed by atoms with van der Waals surface area (Å²) in [5, 5.41) is 7.87. The van der Waals surface area contributed by atoms with Crippen molar-refractivity contribution < 1.29 is 17.9 Å². The highest BCUT2D eigenvalue weighted by Gasteiger charge is 2.18. The van der Waals surface area contributed by atoms with Crippen molar-refractivity contribution in [3.63, 3.8) is 0 Å². The summed E-state index contributed by atoms with van der Waals surface area (Å²) in [6, 6.07) is 9.16. The first-order valence-corrected chi connectivity index (χ1v) is 12.3. The molecule has 2 N–H and O–H groups in total. The molecule has 0 aliphatic rings. The first-order valence-electron chi connectivity index (χ1n) is 9.80. The van der Waals surface area contributed by atoms with Crippen LogP contribution in [-0.4, -0.2) is 31.5 Å². The quantitative estimate of drug-likeness (QED) is 0.341. The molecule has 4 rings (SSSR count). The van der Waals surface area contributed by atoms with Crippen LogP contribution in [0.3, 0.4) is 0 Å². The molecule has 1 unspecified atom stereocenters. The number of halogens is 2. The minimum atomic E-state index is -2.50. The molecule has 0 amide bonds. The van der Waals surface area contributed by atoms with E-state index in [0.29, 0.717) is 44.6 Å². The summed E-state index contributed by atoms with van der Waals surface area (Å²) >= 11 is 6.51. The molecule has 33 heavy (non-hydrogen) atoms. The van der Waals surface area contributed by atoms with E-state index in [4.69, 9.17) is 20.9 Å². The Labute approximate surface area is 195 Å². The summed E-state index contributed by atoms with van der Waals surface area (Å²) < 4.78 is 40.0. The van der Waals surface area contributed by atoms with E-state index in [1.807, 2.05) is 0 Å². The summed E-state index contributed by atoms with van der Waals surface area (Å²) in [6.07, 6.45) is 2.33. The number of aromatic nitrogens is 3. The van der Waals surface area contributed by atoms with Gasteiger partial charge < -0.3 is 19.3 Å². The van der Waals surface area contributed by atoms with Gasteiger partial charge in [-0.1, -0.05) is 16.8 Å². The Morgan fingerprint density at radius 1 is 1.24 bits per heavy atom. The minimum Gasteiger partial charge on any atom is -0.480 e. The third kappa shape index (κ3) is 5.35. The lowest BCUT2D eigenvalue weighted by Gasteiger charge is -2.17. The number of aryl methyl sites for hydroxylation is 1. The van der Waals surface area contributed by atoms with Crippen LogP contribution in [0.25, 0.3) is 10.9 Å². The molecule has 2 heterocycles. The second-order valence-corrected chi connectivity index (χ2v) is 10.2. The maximum Gasteiger partial charge on any atom is 0.177 e. The zero-order valence-corrected chi connectivity index (χ0v) is 19.6. The molecule has 4 aromatic rings. The van der Waals surface area contributed by atoms with E-state index in [0.717, 1.165) is 0 Å². The van der Waals surface area contributed by atoms with Crippen LogP contribution in [-0.2, 0) is 9.71 Å². The van der Waals surface area contributed by atoms with Crippen molar-refractivity contribution in [3.8, 4) is 5.75 Å². The first kappa shape index (κ1) is 22.8. The normalized spacial score (nSPS) is 14.0. The number of nitrogens with one attached hydrogen (secondary N) is 2. The molecular weight excluding hydrogens is 469 g/mol. The Balaban J connectivity index is 1.70. The summed E-state index contributed by atoms with van der Waals surface area (Å²) in [4.78, 5) is 8.56. The Morgan fingerprint density at radius 2 is 2.03 bits per heavy atom. The monoisotopic (exact) mass is 489 g/mol. The molecule has 2 aromatic heterocycles. The smallest absolute Gasteiger partial charge is 0.177 e. The number of nitrogens with zero attached hydrogens (tertiary/aromatic N) is 3. The summed E-state index contributed by atoms with van der Waals surface area (Å²) in [5.41, 5.74) is 2.21. The van der Waals surface area contributed by atoms with E-state index in [-0.39, 0.29) is 5.75 Å². The second-order valence-electron chi connectivity index (χ2n) is 7.58. The fraction of sp³-hybridized carbons (Fsp3) is 0.182. The van der Waals surface area contributed by atoms with Crippen LogP contribution in [0.1, 0.15) is 24.5 Å². The van der Waals surface area contributed by atoms with Crippen LogP contribution in [0, 0.1) is 12.7 Å². The molecule has 0 saturated heterocycles. The van der Waals surface area contributed by atoms with E-state index in [1.54, 1.807) is 32.0 Å². The zero-order chi connectivity index (χ0) is 23.8. The van der Waals surface area contributed by atoms with Gasteiger partial charge in [0.15, 0.2) is 11.9 Å². The first-order chi connectivity index (χ1) is 15.6. The van der Waals surface area contributed by atoms with Crippen molar-refractivity contribution in [2.24, 2.45) is 0 Å². The van der Waals surface area contributed by atoms with Crippen molar-refractivity contribution in [2.45, 2.75) is 20.0 Å². The van der Waals surface area contributed by atoms with Crippen LogP contribution < -0.4 is 14.8 Å². The predicted molar refractivity (Wildman–Crippen MR) is 129 cm³/mol. The molecular formula is C22H21ClFN5O3S. The fourth-order valence-electron chi connectivity index (χ4n) is 3.19. The van der Waals surface area contributed by atoms with Gasteiger partial charge in [-0.05, 0) is 44.0 Å². The average Bonchev–Trinajstić information content (AvgIpc) is 3.15. The lowest BCUT2D eigenvalue weighted by Crippen LogP contribution is -2.09. The van der Waals surface area contributed by atoms with E-state index in [1.165, 1.54) is 30.8 Å². The number of anilines is 3. The number of rotatable bonds is 7. The van der Waals surface area contributed by atoms with Crippen LogP contribution in [0.2, 0.25) is 5.02 Å². The van der Waals surface area contributed by atoms with Gasteiger partial charge in [-0.25, -0.2) is 18.6 Å². The van der Waals surface area contributed by atoms with Crippen molar-refractivity contribution in [1.82, 2.24) is 15.1 Å². The second kappa shape index (κ2) is 8.87. The van der Waals surface area contributed by atoms with E-state index in [2.05, 4.69) is 31.0 Å². The van der Waals surface area contributed by atoms with Crippen LogP contribution in [0.5, 0.6) is 5.75 Å². The van der Waals surface area contributed by atoms with Gasteiger partial charge in [-0.2, -0.15) is 0 Å². The van der Waals surface area contributed by atoms with Crippen molar-refractivity contribution in [3.05, 3.63) is 65.0 Å². The molecule has 172 valence electrons.